The van der Waals surface area contributed by atoms with Crippen LogP contribution >= 0.6 is 0 Å². The van der Waals surface area contributed by atoms with Gasteiger partial charge in [-0.05, 0) is 37.3 Å². The van der Waals surface area contributed by atoms with Crippen LogP contribution in [0.15, 0.2) is 48.9 Å². The Kier molecular flexibility index (Phi) is 2.29. The van der Waals surface area contributed by atoms with Crippen LogP contribution in [0.5, 0.6) is 0 Å². The number of nitrogens with one attached hydrogen (secondary N) is 1. The molecule has 0 bridgehead atoms. The Morgan fingerprint density at radius 2 is 1.90 bits per heavy atom. The molecule has 4 rings (SSSR count). The van der Waals surface area contributed by atoms with E-state index in [1.165, 1.54) is 0 Å². The molecule has 96 valence electrons. The minimum Gasteiger partial charge on any atom is -0.339 e. The molecule has 1 N–H and O–H groups in total. The second-order valence-electron chi connectivity index (χ2n) is 4.83. The summed E-state index contributed by atoms with van der Waals surface area (Å²) < 4.78 is 0. The van der Waals surface area contributed by atoms with Crippen LogP contribution < -0.4 is 0 Å². The van der Waals surface area contributed by atoms with Gasteiger partial charge in [-0.25, -0.2) is 4.98 Å². The molecule has 0 unspecified atom stereocenters. The first-order valence-corrected chi connectivity index (χ1v) is 6.47. The zero-order chi connectivity index (χ0) is 13.5. The zero-order valence-electron chi connectivity index (χ0n) is 11.0. The Hall–Kier alpha value is -2.75. The summed E-state index contributed by atoms with van der Waals surface area (Å²) in [5, 5.41) is 2.19. The molecule has 0 aliphatic heterocycles. The number of H-pyrrole nitrogens is 1. The number of rotatable bonds is 1. The third kappa shape index (κ3) is 1.66. The topological polar surface area (TPSA) is 54.5 Å². The van der Waals surface area contributed by atoms with Crippen molar-refractivity contribution in [2.24, 2.45) is 0 Å². The fraction of sp³-hybridized carbons (Fsp3) is 0.0625. The molecule has 4 heterocycles. The largest absolute Gasteiger partial charge is 0.339 e. The average molecular weight is 260 g/mol. The molecule has 0 spiro atoms. The smallest absolute Gasteiger partial charge is 0.139 e. The number of hydrogen-bond donors (Lipinski definition) is 1. The maximum atomic E-state index is 4.69. The van der Waals surface area contributed by atoms with E-state index in [2.05, 4.69) is 26.0 Å². The van der Waals surface area contributed by atoms with Crippen LogP contribution in [0.2, 0.25) is 0 Å². The summed E-state index contributed by atoms with van der Waals surface area (Å²) in [6, 6.07) is 10.1. The van der Waals surface area contributed by atoms with Crippen molar-refractivity contribution >= 4 is 21.9 Å². The second kappa shape index (κ2) is 4.13. The van der Waals surface area contributed by atoms with Crippen molar-refractivity contribution in [1.29, 1.82) is 0 Å². The molecular weight excluding hydrogens is 248 g/mol. The summed E-state index contributed by atoms with van der Waals surface area (Å²) in [6.07, 6.45) is 5.50. The summed E-state index contributed by atoms with van der Waals surface area (Å²) in [5.74, 6) is 0. The van der Waals surface area contributed by atoms with E-state index in [4.69, 9.17) is 0 Å². The van der Waals surface area contributed by atoms with Gasteiger partial charge in [0.2, 0.25) is 0 Å². The van der Waals surface area contributed by atoms with Crippen molar-refractivity contribution in [3.8, 4) is 11.3 Å². The number of aromatic amines is 1. The van der Waals surface area contributed by atoms with Gasteiger partial charge >= 0.3 is 0 Å². The van der Waals surface area contributed by atoms with Crippen LogP contribution in [-0.4, -0.2) is 19.9 Å². The molecule has 0 saturated heterocycles. The number of aromatic nitrogens is 4. The van der Waals surface area contributed by atoms with Gasteiger partial charge in [-0.15, -0.1) is 0 Å². The molecule has 0 radical (unpaired) electrons. The van der Waals surface area contributed by atoms with Crippen LogP contribution in [0, 0.1) is 6.92 Å². The molecule has 0 amide bonds. The van der Waals surface area contributed by atoms with Crippen LogP contribution in [0.4, 0.5) is 0 Å². The highest BCUT2D eigenvalue weighted by Crippen LogP contribution is 2.26. The number of fused-ring (bicyclic) bond motifs is 3. The lowest BCUT2D eigenvalue weighted by Crippen LogP contribution is -1.86. The first-order chi connectivity index (χ1) is 9.81. The summed E-state index contributed by atoms with van der Waals surface area (Å²) in [6.45, 7) is 1.98. The molecule has 0 fully saturated rings. The summed E-state index contributed by atoms with van der Waals surface area (Å²) in [7, 11) is 0. The summed E-state index contributed by atoms with van der Waals surface area (Å²) in [5.41, 5.74) is 4.89. The Labute approximate surface area is 115 Å². The third-order valence-electron chi connectivity index (χ3n) is 3.47. The summed E-state index contributed by atoms with van der Waals surface area (Å²) >= 11 is 0. The molecule has 4 aromatic rings. The molecular formula is C16H12N4. The minimum absolute atomic E-state index is 0.881. The maximum absolute atomic E-state index is 4.69. The number of nitrogens with zero attached hydrogens (tertiary/aromatic N) is 3. The van der Waals surface area contributed by atoms with E-state index in [9.17, 15) is 0 Å². The highest BCUT2D eigenvalue weighted by atomic mass is 14.9. The highest BCUT2D eigenvalue weighted by molar-refractivity contribution is 6.05. The van der Waals surface area contributed by atoms with Gasteiger partial charge in [0.1, 0.15) is 5.65 Å². The van der Waals surface area contributed by atoms with Crippen molar-refractivity contribution in [2.75, 3.05) is 0 Å². The van der Waals surface area contributed by atoms with Gasteiger partial charge in [-0.1, -0.05) is 0 Å². The quantitative estimate of drug-likeness (QED) is 0.570. The van der Waals surface area contributed by atoms with Gasteiger partial charge in [0.25, 0.3) is 0 Å². The van der Waals surface area contributed by atoms with E-state index in [-0.39, 0.29) is 0 Å². The van der Waals surface area contributed by atoms with Gasteiger partial charge in [0, 0.05) is 40.6 Å². The Balaban J connectivity index is 1.94. The lowest BCUT2D eigenvalue weighted by atomic mass is 10.1. The molecule has 20 heavy (non-hydrogen) atoms. The van der Waals surface area contributed by atoms with Gasteiger partial charge < -0.3 is 4.98 Å². The predicted octanol–water partition coefficient (Wildman–Crippen LogP) is 3.48. The van der Waals surface area contributed by atoms with E-state index in [0.29, 0.717) is 0 Å². The SMILES string of the molecule is Cc1ccc(-c2ccc3c(n2)[nH]c2ccncc23)cn1. The molecule has 0 saturated carbocycles. The fourth-order valence-corrected chi connectivity index (χ4v) is 2.40. The third-order valence-corrected chi connectivity index (χ3v) is 3.47. The first-order valence-electron chi connectivity index (χ1n) is 6.47. The normalized spacial score (nSPS) is 11.2. The molecule has 0 atom stereocenters. The van der Waals surface area contributed by atoms with Gasteiger partial charge in [-0.2, -0.15) is 0 Å². The first kappa shape index (κ1) is 11.1. The molecule has 4 heteroatoms. The highest BCUT2D eigenvalue weighted by Gasteiger charge is 2.07. The standard InChI is InChI=1S/C16H12N4/c1-10-2-3-11(8-18-10)14-5-4-12-13-9-17-7-6-15(13)20-16(12)19-14/h2-9H,1H3,(H,19,20). The van der Waals surface area contributed by atoms with Crippen LogP contribution in [0.1, 0.15) is 5.69 Å². The van der Waals surface area contributed by atoms with Gasteiger partial charge in [0.15, 0.2) is 0 Å². The molecule has 4 nitrogen and oxygen atoms in total. The molecule has 4 aromatic heterocycles. The average Bonchev–Trinajstić information content (AvgIpc) is 2.85. The van der Waals surface area contributed by atoms with Crippen LogP contribution in [0.25, 0.3) is 33.2 Å². The van der Waals surface area contributed by atoms with E-state index < -0.39 is 0 Å². The fourth-order valence-electron chi connectivity index (χ4n) is 2.40. The number of pyridine rings is 3. The molecule has 0 aliphatic carbocycles. The van der Waals surface area contributed by atoms with Crippen molar-refractivity contribution in [3.05, 3.63) is 54.6 Å². The van der Waals surface area contributed by atoms with Crippen molar-refractivity contribution in [2.45, 2.75) is 6.92 Å². The predicted molar refractivity (Wildman–Crippen MR) is 79.4 cm³/mol. The van der Waals surface area contributed by atoms with Crippen LogP contribution in [0.3, 0.4) is 0 Å². The summed E-state index contributed by atoms with van der Waals surface area (Å²) in [4.78, 5) is 16.5. The van der Waals surface area contributed by atoms with Crippen molar-refractivity contribution < 1.29 is 0 Å². The Morgan fingerprint density at radius 1 is 0.950 bits per heavy atom. The Morgan fingerprint density at radius 3 is 2.75 bits per heavy atom. The van der Waals surface area contributed by atoms with Crippen molar-refractivity contribution in [1.82, 2.24) is 19.9 Å². The second-order valence-corrected chi connectivity index (χ2v) is 4.83. The van der Waals surface area contributed by atoms with Crippen molar-refractivity contribution in [3.63, 3.8) is 0 Å². The lowest BCUT2D eigenvalue weighted by Gasteiger charge is -2.01. The van der Waals surface area contributed by atoms with E-state index in [1.807, 2.05) is 43.6 Å². The zero-order valence-corrected chi connectivity index (χ0v) is 11.0. The monoisotopic (exact) mass is 260 g/mol. The molecule has 0 aromatic carbocycles. The molecule has 0 aliphatic rings. The van der Waals surface area contributed by atoms with Gasteiger partial charge in [-0.3, -0.25) is 9.97 Å². The Bertz CT molecular complexity index is 907. The number of hydrogen-bond acceptors (Lipinski definition) is 3. The van der Waals surface area contributed by atoms with E-state index in [0.717, 1.165) is 38.9 Å². The van der Waals surface area contributed by atoms with E-state index in [1.54, 1.807) is 6.20 Å². The minimum atomic E-state index is 0.881. The maximum Gasteiger partial charge on any atom is 0.139 e. The van der Waals surface area contributed by atoms with Crippen LogP contribution in [-0.2, 0) is 0 Å². The van der Waals surface area contributed by atoms with E-state index >= 15 is 0 Å². The lowest BCUT2D eigenvalue weighted by molar-refractivity contribution is 1.19. The van der Waals surface area contributed by atoms with Gasteiger partial charge in [0.05, 0.1) is 11.2 Å². The number of aryl methyl sites for hydroxylation is 1.